The Labute approximate surface area is 127 Å². The number of aliphatic carboxylic acids is 1. The predicted octanol–water partition coefficient (Wildman–Crippen LogP) is 0.892. The minimum Gasteiger partial charge on any atom is -0.481 e. The van der Waals surface area contributed by atoms with Gasteiger partial charge in [-0.15, -0.1) is 0 Å². The highest BCUT2D eigenvalue weighted by molar-refractivity contribution is 6.06. The van der Waals surface area contributed by atoms with Crippen molar-refractivity contribution in [3.05, 3.63) is 35.9 Å². The Hall–Kier alpha value is -2.41. The first-order chi connectivity index (χ1) is 10.4. The van der Waals surface area contributed by atoms with Crippen molar-refractivity contribution in [1.29, 1.82) is 0 Å². The number of nitrogens with one attached hydrogen (secondary N) is 2. The minimum absolute atomic E-state index is 0.0330. The van der Waals surface area contributed by atoms with Crippen molar-refractivity contribution >= 4 is 17.9 Å². The Morgan fingerprint density at radius 3 is 2.55 bits per heavy atom. The molecule has 1 aromatic rings. The number of carboxylic acids is 1. The third-order valence-electron chi connectivity index (χ3n) is 3.55. The lowest BCUT2D eigenvalue weighted by atomic mass is 9.89. The van der Waals surface area contributed by atoms with Crippen LogP contribution >= 0.6 is 0 Å². The molecule has 1 aliphatic rings. The summed E-state index contributed by atoms with van der Waals surface area (Å²) in [7, 11) is 0. The molecule has 3 N–H and O–H groups in total. The van der Waals surface area contributed by atoms with Crippen LogP contribution in [0.1, 0.15) is 18.9 Å². The van der Waals surface area contributed by atoms with Crippen molar-refractivity contribution in [3.63, 3.8) is 0 Å². The largest absolute Gasteiger partial charge is 0.481 e. The van der Waals surface area contributed by atoms with Gasteiger partial charge in [0.15, 0.2) is 0 Å². The number of benzene rings is 1. The molecule has 7 nitrogen and oxygen atoms in total. The number of imide groups is 1. The van der Waals surface area contributed by atoms with Crippen LogP contribution in [-0.2, 0) is 20.9 Å². The van der Waals surface area contributed by atoms with E-state index < -0.39 is 29.4 Å². The van der Waals surface area contributed by atoms with E-state index in [9.17, 15) is 19.5 Å². The summed E-state index contributed by atoms with van der Waals surface area (Å²) in [6.07, 6.45) is -0.0330. The number of hydrogen-bond acceptors (Lipinski definition) is 4. The zero-order chi connectivity index (χ0) is 16.2. The third-order valence-corrected chi connectivity index (χ3v) is 3.55. The van der Waals surface area contributed by atoms with Crippen LogP contribution in [0.15, 0.2) is 30.3 Å². The van der Waals surface area contributed by atoms with Gasteiger partial charge in [-0.3, -0.25) is 14.9 Å². The van der Waals surface area contributed by atoms with Gasteiger partial charge in [-0.05, 0) is 18.9 Å². The Morgan fingerprint density at radius 2 is 2.00 bits per heavy atom. The van der Waals surface area contributed by atoms with E-state index in [1.807, 2.05) is 30.3 Å². The summed E-state index contributed by atoms with van der Waals surface area (Å²) >= 11 is 0. The number of ether oxygens (including phenoxy) is 1. The zero-order valence-corrected chi connectivity index (χ0v) is 12.2. The van der Waals surface area contributed by atoms with Gasteiger partial charge in [0, 0.05) is 0 Å². The molecule has 0 spiro atoms. The molecule has 1 heterocycles. The molecule has 3 amide bonds. The summed E-state index contributed by atoms with van der Waals surface area (Å²) in [6.45, 7) is 1.75. The molecule has 0 aliphatic carbocycles. The molecule has 2 atom stereocenters. The van der Waals surface area contributed by atoms with Crippen molar-refractivity contribution in [3.8, 4) is 0 Å². The predicted molar refractivity (Wildman–Crippen MR) is 76.9 cm³/mol. The third kappa shape index (κ3) is 3.82. The molecule has 0 radical (unpaired) electrons. The topological polar surface area (TPSA) is 105 Å². The highest BCUT2D eigenvalue weighted by Crippen LogP contribution is 2.21. The summed E-state index contributed by atoms with van der Waals surface area (Å²) in [4.78, 5) is 34.3. The molecule has 2 unspecified atom stereocenters. The van der Waals surface area contributed by atoms with Crippen LogP contribution in [0.2, 0.25) is 0 Å². The van der Waals surface area contributed by atoms with Crippen molar-refractivity contribution in [2.24, 2.45) is 5.92 Å². The molecule has 1 aromatic carbocycles. The first kappa shape index (κ1) is 16.0. The van der Waals surface area contributed by atoms with Gasteiger partial charge in [-0.25, -0.2) is 4.79 Å². The van der Waals surface area contributed by atoms with Gasteiger partial charge in [-0.2, -0.15) is 0 Å². The molecule has 1 fully saturated rings. The molecule has 118 valence electrons. The molecule has 7 heteroatoms. The molecule has 0 aromatic heterocycles. The Kier molecular flexibility index (Phi) is 4.77. The monoisotopic (exact) mass is 306 g/mol. The van der Waals surface area contributed by atoms with Crippen LogP contribution in [0.25, 0.3) is 0 Å². The second-order valence-corrected chi connectivity index (χ2v) is 5.48. The first-order valence-corrected chi connectivity index (χ1v) is 6.89. The smallest absolute Gasteiger partial charge is 0.322 e. The van der Waals surface area contributed by atoms with Crippen LogP contribution in [-0.4, -0.2) is 35.2 Å². The number of urea groups is 1. The number of rotatable bonds is 7. The molecular weight excluding hydrogens is 288 g/mol. The lowest BCUT2D eigenvalue weighted by Gasteiger charge is -2.24. The molecule has 2 rings (SSSR count). The average molecular weight is 306 g/mol. The SMILES string of the molecule is CC1(CC(COCc2ccccc2)C(=O)O)NC(=O)NC1=O. The lowest BCUT2D eigenvalue weighted by Crippen LogP contribution is -2.47. The van der Waals surface area contributed by atoms with E-state index in [4.69, 9.17) is 4.74 Å². The molecule has 1 saturated heterocycles. The van der Waals surface area contributed by atoms with Crippen molar-refractivity contribution in [1.82, 2.24) is 10.6 Å². The van der Waals surface area contributed by atoms with E-state index in [2.05, 4.69) is 10.6 Å². The van der Waals surface area contributed by atoms with Crippen molar-refractivity contribution in [2.45, 2.75) is 25.5 Å². The van der Waals surface area contributed by atoms with E-state index in [0.717, 1.165) is 5.56 Å². The van der Waals surface area contributed by atoms with Crippen molar-refractivity contribution < 1.29 is 24.2 Å². The van der Waals surface area contributed by atoms with Crippen LogP contribution in [0.4, 0.5) is 4.79 Å². The van der Waals surface area contributed by atoms with E-state index in [0.29, 0.717) is 6.61 Å². The summed E-state index contributed by atoms with van der Waals surface area (Å²) in [5.74, 6) is -2.48. The van der Waals surface area contributed by atoms with E-state index in [-0.39, 0.29) is 13.0 Å². The Balaban J connectivity index is 1.92. The lowest BCUT2D eigenvalue weighted by molar-refractivity contribution is -0.145. The van der Waals surface area contributed by atoms with Crippen LogP contribution in [0.5, 0.6) is 0 Å². The minimum atomic E-state index is -1.23. The number of carboxylic acid groups (broad SMARTS) is 1. The summed E-state index contributed by atoms with van der Waals surface area (Å²) in [5, 5.41) is 13.8. The van der Waals surface area contributed by atoms with Crippen LogP contribution < -0.4 is 10.6 Å². The molecule has 0 bridgehead atoms. The molecular formula is C15H18N2O5. The van der Waals surface area contributed by atoms with Gasteiger partial charge < -0.3 is 15.2 Å². The fourth-order valence-corrected chi connectivity index (χ4v) is 2.33. The summed E-state index contributed by atoms with van der Waals surface area (Å²) < 4.78 is 5.44. The first-order valence-electron chi connectivity index (χ1n) is 6.89. The van der Waals surface area contributed by atoms with Gasteiger partial charge in [-0.1, -0.05) is 30.3 Å². The maximum Gasteiger partial charge on any atom is 0.322 e. The fraction of sp³-hybridized carbons (Fsp3) is 0.400. The molecule has 0 saturated carbocycles. The van der Waals surface area contributed by atoms with Gasteiger partial charge in [0.05, 0.1) is 19.1 Å². The zero-order valence-electron chi connectivity index (χ0n) is 12.2. The van der Waals surface area contributed by atoms with E-state index >= 15 is 0 Å². The maximum absolute atomic E-state index is 11.7. The van der Waals surface area contributed by atoms with Gasteiger partial charge in [0.2, 0.25) is 0 Å². The normalized spacial score (nSPS) is 22.0. The van der Waals surface area contributed by atoms with Crippen LogP contribution in [0.3, 0.4) is 0 Å². The molecule has 1 aliphatic heterocycles. The number of hydrogen-bond donors (Lipinski definition) is 3. The summed E-state index contributed by atoms with van der Waals surface area (Å²) in [6, 6.07) is 8.76. The Bertz CT molecular complexity index is 575. The Morgan fingerprint density at radius 1 is 1.32 bits per heavy atom. The van der Waals surface area contributed by atoms with Crippen molar-refractivity contribution in [2.75, 3.05) is 6.61 Å². The summed E-state index contributed by atoms with van der Waals surface area (Å²) in [5.41, 5.74) is -0.291. The molecule has 22 heavy (non-hydrogen) atoms. The highest BCUT2D eigenvalue weighted by Gasteiger charge is 2.44. The standard InChI is InChI=1S/C15H18N2O5/c1-15(13(20)16-14(21)17-15)7-11(12(18)19)9-22-8-10-5-3-2-4-6-10/h2-6,11H,7-9H2,1H3,(H,18,19)(H2,16,17,20,21). The second kappa shape index (κ2) is 6.57. The van der Waals surface area contributed by atoms with Crippen LogP contribution in [0, 0.1) is 5.92 Å². The van der Waals surface area contributed by atoms with Gasteiger partial charge in [0.1, 0.15) is 5.54 Å². The highest BCUT2D eigenvalue weighted by atomic mass is 16.5. The number of carbonyl (C=O) groups is 3. The van der Waals surface area contributed by atoms with Gasteiger partial charge >= 0.3 is 12.0 Å². The fourth-order valence-electron chi connectivity index (χ4n) is 2.33. The maximum atomic E-state index is 11.7. The quantitative estimate of drug-likeness (QED) is 0.649. The number of carbonyl (C=O) groups excluding carboxylic acids is 2. The van der Waals surface area contributed by atoms with E-state index in [1.165, 1.54) is 6.92 Å². The average Bonchev–Trinajstić information content (AvgIpc) is 2.71. The van der Waals surface area contributed by atoms with Gasteiger partial charge in [0.25, 0.3) is 5.91 Å². The number of amides is 3. The van der Waals surface area contributed by atoms with E-state index in [1.54, 1.807) is 0 Å². The second-order valence-electron chi connectivity index (χ2n) is 5.48.